The van der Waals surface area contributed by atoms with Crippen molar-refractivity contribution in [3.63, 3.8) is 0 Å². The zero-order valence-corrected chi connectivity index (χ0v) is 27.4. The van der Waals surface area contributed by atoms with Crippen molar-refractivity contribution in [2.24, 2.45) is 11.8 Å². The lowest BCUT2D eigenvalue weighted by molar-refractivity contribution is -0.118. The third-order valence-electron chi connectivity index (χ3n) is 9.46. The van der Waals surface area contributed by atoms with Crippen LogP contribution in [0, 0.1) is 11.8 Å². The summed E-state index contributed by atoms with van der Waals surface area (Å²) in [7, 11) is 0. The van der Waals surface area contributed by atoms with Crippen molar-refractivity contribution in [3.05, 3.63) is 82.9 Å². The minimum Gasteiger partial charge on any atom is -0.350 e. The minimum atomic E-state index is 0.0111. The van der Waals surface area contributed by atoms with Crippen LogP contribution in [0.1, 0.15) is 122 Å². The van der Waals surface area contributed by atoms with Crippen LogP contribution in [0.15, 0.2) is 60.7 Å². The fourth-order valence-electron chi connectivity index (χ4n) is 6.59. The van der Waals surface area contributed by atoms with Crippen LogP contribution in [-0.2, 0) is 20.4 Å². The second-order valence-corrected chi connectivity index (χ2v) is 15.1. The molecule has 4 rings (SSSR count). The summed E-state index contributed by atoms with van der Waals surface area (Å²) in [4.78, 5) is 25.1. The van der Waals surface area contributed by atoms with Crippen LogP contribution in [0.2, 0.25) is 0 Å². The number of amides is 2. The van der Waals surface area contributed by atoms with E-state index in [1.807, 2.05) is 12.2 Å². The molecular weight excluding hydrogens is 528 g/mol. The highest BCUT2D eigenvalue weighted by molar-refractivity contribution is 5.92. The Kier molecular flexibility index (Phi) is 11.1. The molecule has 4 nitrogen and oxygen atoms in total. The summed E-state index contributed by atoms with van der Waals surface area (Å²) in [6, 6.07) is 17.5. The Labute approximate surface area is 260 Å². The fourth-order valence-corrected chi connectivity index (χ4v) is 6.59. The van der Waals surface area contributed by atoms with E-state index in [-0.39, 0.29) is 34.7 Å². The van der Waals surface area contributed by atoms with Gasteiger partial charge >= 0.3 is 0 Å². The first-order valence-corrected chi connectivity index (χ1v) is 16.5. The molecule has 2 fully saturated rings. The second kappa shape index (κ2) is 14.6. The van der Waals surface area contributed by atoms with Gasteiger partial charge in [0.05, 0.1) is 0 Å². The van der Waals surface area contributed by atoms with Crippen molar-refractivity contribution in [3.8, 4) is 0 Å². The average Bonchev–Trinajstić information content (AvgIpc) is 2.96. The van der Waals surface area contributed by atoms with Gasteiger partial charge in [0.25, 0.3) is 0 Å². The number of hydrogen-bond acceptors (Lipinski definition) is 2. The molecule has 2 aliphatic carbocycles. The molecule has 0 bridgehead atoms. The minimum absolute atomic E-state index is 0.0111. The molecule has 0 saturated heterocycles. The molecule has 2 aromatic rings. The summed E-state index contributed by atoms with van der Waals surface area (Å²) in [6.07, 6.45) is 17.5. The van der Waals surface area contributed by atoms with E-state index in [4.69, 9.17) is 0 Å². The van der Waals surface area contributed by atoms with Gasteiger partial charge in [0.1, 0.15) is 0 Å². The Morgan fingerprint density at radius 1 is 0.581 bits per heavy atom. The largest absolute Gasteiger partial charge is 0.350 e. The molecule has 2 aliphatic rings. The van der Waals surface area contributed by atoms with E-state index in [9.17, 15) is 9.59 Å². The van der Waals surface area contributed by atoms with Crippen molar-refractivity contribution in [2.45, 2.75) is 122 Å². The van der Waals surface area contributed by atoms with E-state index in [2.05, 4.69) is 101 Å². The first-order chi connectivity index (χ1) is 20.3. The van der Waals surface area contributed by atoms with Gasteiger partial charge in [-0.1, -0.05) is 90.1 Å². The number of carbonyl (C=O) groups is 2. The van der Waals surface area contributed by atoms with E-state index < -0.39 is 0 Å². The molecular formula is C39H54N2O2. The van der Waals surface area contributed by atoms with Gasteiger partial charge in [0.15, 0.2) is 0 Å². The Hall–Kier alpha value is -3.14. The third-order valence-corrected chi connectivity index (χ3v) is 9.46. The Balaban J connectivity index is 1.11. The number of rotatable bonds is 8. The molecule has 0 spiro atoms. The standard InChI is InChI=1S/C39H54N2O2/c1-38(2,3)32-17-7-28(8-18-32)15-25-36(42)40-34-21-11-30(12-22-34)27-31-13-23-35(24-14-31)41-37(43)26-16-29-9-19-33(20-10-29)39(4,5)6/h7-10,15-20,25-26,30-31,34-35H,11-14,21-24,27H2,1-6H3,(H,40,42)(H,41,43)/b25-15+,26-16+. The van der Waals surface area contributed by atoms with E-state index in [1.165, 1.54) is 43.2 Å². The molecule has 0 aromatic heterocycles. The fraction of sp³-hybridized carbons (Fsp3) is 0.538. The summed E-state index contributed by atoms with van der Waals surface area (Å²) in [5, 5.41) is 6.46. The van der Waals surface area contributed by atoms with Crippen LogP contribution in [0.5, 0.6) is 0 Å². The predicted molar refractivity (Wildman–Crippen MR) is 181 cm³/mol. The van der Waals surface area contributed by atoms with E-state index in [0.29, 0.717) is 0 Å². The summed E-state index contributed by atoms with van der Waals surface area (Å²) in [6.45, 7) is 13.3. The highest BCUT2D eigenvalue weighted by atomic mass is 16.2. The maximum atomic E-state index is 12.5. The lowest BCUT2D eigenvalue weighted by Crippen LogP contribution is -2.38. The van der Waals surface area contributed by atoms with Gasteiger partial charge in [-0.05, 0) is 115 Å². The normalized spacial score (nSPS) is 23.4. The molecule has 4 heteroatoms. The summed E-state index contributed by atoms with van der Waals surface area (Å²) in [5.41, 5.74) is 4.97. The lowest BCUT2D eigenvalue weighted by Gasteiger charge is -2.34. The SMILES string of the molecule is CC(C)(C)c1ccc(/C=C/C(=O)NC2CCC(CC3CCC(NC(=O)/C=C/c4ccc(C(C)(C)C)cc4)CC3)CC2)cc1. The van der Waals surface area contributed by atoms with Crippen LogP contribution in [0.25, 0.3) is 12.2 Å². The monoisotopic (exact) mass is 582 g/mol. The van der Waals surface area contributed by atoms with Gasteiger partial charge in [-0.2, -0.15) is 0 Å². The Morgan fingerprint density at radius 3 is 1.21 bits per heavy atom. The highest BCUT2D eigenvalue weighted by Gasteiger charge is 2.27. The Bertz CT molecular complexity index is 1140. The molecule has 2 saturated carbocycles. The number of nitrogens with one attached hydrogen (secondary N) is 2. The van der Waals surface area contributed by atoms with E-state index in [0.717, 1.165) is 48.6 Å². The van der Waals surface area contributed by atoms with Gasteiger partial charge in [-0.15, -0.1) is 0 Å². The molecule has 0 heterocycles. The zero-order chi connectivity index (χ0) is 31.0. The lowest BCUT2D eigenvalue weighted by atomic mass is 9.75. The molecule has 0 unspecified atom stereocenters. The van der Waals surface area contributed by atoms with Crippen molar-refractivity contribution in [2.75, 3.05) is 0 Å². The van der Waals surface area contributed by atoms with Gasteiger partial charge in [0.2, 0.25) is 11.8 Å². The van der Waals surface area contributed by atoms with Crippen LogP contribution < -0.4 is 10.6 Å². The van der Waals surface area contributed by atoms with Gasteiger partial charge < -0.3 is 10.6 Å². The maximum absolute atomic E-state index is 12.5. The smallest absolute Gasteiger partial charge is 0.244 e. The molecule has 0 aliphatic heterocycles. The van der Waals surface area contributed by atoms with Crippen molar-refractivity contribution >= 4 is 24.0 Å². The molecule has 2 aromatic carbocycles. The van der Waals surface area contributed by atoms with Crippen LogP contribution >= 0.6 is 0 Å². The van der Waals surface area contributed by atoms with Gasteiger partial charge in [-0.3, -0.25) is 9.59 Å². The van der Waals surface area contributed by atoms with Crippen molar-refractivity contribution in [1.82, 2.24) is 10.6 Å². The van der Waals surface area contributed by atoms with Gasteiger partial charge in [-0.25, -0.2) is 0 Å². The molecule has 0 atom stereocenters. The average molecular weight is 583 g/mol. The van der Waals surface area contributed by atoms with E-state index >= 15 is 0 Å². The second-order valence-electron chi connectivity index (χ2n) is 15.1. The Morgan fingerprint density at radius 2 is 0.907 bits per heavy atom. The molecule has 0 radical (unpaired) electrons. The number of carbonyl (C=O) groups excluding carboxylic acids is 2. The highest BCUT2D eigenvalue weighted by Crippen LogP contribution is 2.35. The maximum Gasteiger partial charge on any atom is 0.244 e. The van der Waals surface area contributed by atoms with Crippen molar-refractivity contribution in [1.29, 1.82) is 0 Å². The predicted octanol–water partition coefficient (Wildman–Crippen LogP) is 8.75. The van der Waals surface area contributed by atoms with Crippen LogP contribution in [-0.4, -0.2) is 23.9 Å². The summed E-state index contributed by atoms with van der Waals surface area (Å²) in [5.74, 6) is 1.54. The van der Waals surface area contributed by atoms with Crippen molar-refractivity contribution < 1.29 is 9.59 Å². The number of benzene rings is 2. The quantitative estimate of drug-likeness (QED) is 0.306. The zero-order valence-electron chi connectivity index (χ0n) is 27.4. The topological polar surface area (TPSA) is 58.2 Å². The third kappa shape index (κ3) is 10.5. The molecule has 232 valence electrons. The van der Waals surface area contributed by atoms with Crippen LogP contribution in [0.3, 0.4) is 0 Å². The number of hydrogen-bond donors (Lipinski definition) is 2. The molecule has 2 amide bonds. The molecule has 2 N–H and O–H groups in total. The first kappa shape index (κ1) is 32.8. The molecule has 43 heavy (non-hydrogen) atoms. The summed E-state index contributed by atoms with van der Waals surface area (Å²) >= 11 is 0. The van der Waals surface area contributed by atoms with E-state index in [1.54, 1.807) is 12.2 Å². The first-order valence-electron chi connectivity index (χ1n) is 16.5. The van der Waals surface area contributed by atoms with Gasteiger partial charge in [0, 0.05) is 24.2 Å². The van der Waals surface area contributed by atoms with Crippen LogP contribution in [0.4, 0.5) is 0 Å². The summed E-state index contributed by atoms with van der Waals surface area (Å²) < 4.78 is 0.